The van der Waals surface area contributed by atoms with E-state index in [1.54, 1.807) is 20.1 Å². The quantitative estimate of drug-likeness (QED) is 0.475. The zero-order valence-electron chi connectivity index (χ0n) is 17.7. The van der Waals surface area contributed by atoms with Crippen molar-refractivity contribution in [2.45, 2.75) is 19.0 Å². The Morgan fingerprint density at radius 3 is 2.53 bits per heavy atom. The van der Waals surface area contributed by atoms with Crippen LogP contribution in [-0.4, -0.2) is 29.1 Å². The minimum absolute atomic E-state index is 0.0291. The summed E-state index contributed by atoms with van der Waals surface area (Å²) in [5.74, 6) is 1.01. The molecule has 1 atom stereocenters. The number of amides is 3. The van der Waals surface area contributed by atoms with Gasteiger partial charge in [-0.15, -0.1) is 0 Å². The molecular weight excluding hydrogens is 406 g/mol. The van der Waals surface area contributed by atoms with Crippen molar-refractivity contribution in [1.82, 2.24) is 15.4 Å². The number of hydrogen-bond acceptors (Lipinski definition) is 5. The molecule has 1 saturated heterocycles. The summed E-state index contributed by atoms with van der Waals surface area (Å²) < 4.78 is 10.7. The molecule has 1 aromatic heterocycles. The second kappa shape index (κ2) is 7.53. The number of urea groups is 1. The summed E-state index contributed by atoms with van der Waals surface area (Å²) in [6.07, 6.45) is 0. The van der Waals surface area contributed by atoms with E-state index >= 15 is 0 Å². The lowest BCUT2D eigenvalue weighted by Gasteiger charge is -2.22. The molecule has 0 saturated carbocycles. The number of carbonyl (C=O) groups excluding carboxylic acids is 2. The number of nitrogens with zero attached hydrogens (tertiary/aromatic N) is 2. The molecule has 0 radical (unpaired) electrons. The number of methoxy groups -OCH3 is 1. The standard InChI is InChI=1S/C25H21N3O4/c1-25(19-10-8-18-13-21(31-2)11-9-17(18)12-19)23(29)28(24(30)26-25)15-20-14-22(32-27-20)16-6-4-3-5-7-16/h3-14H,15H2,1-2H3,(H,26,30). The lowest BCUT2D eigenvalue weighted by Crippen LogP contribution is -2.40. The van der Waals surface area contributed by atoms with Crippen molar-refractivity contribution in [3.05, 3.63) is 84.1 Å². The molecule has 1 unspecified atom stereocenters. The van der Waals surface area contributed by atoms with Gasteiger partial charge in [-0.3, -0.25) is 9.69 Å². The number of imide groups is 1. The van der Waals surface area contributed by atoms with E-state index < -0.39 is 11.6 Å². The van der Waals surface area contributed by atoms with E-state index in [0.717, 1.165) is 22.1 Å². The van der Waals surface area contributed by atoms with Gasteiger partial charge in [-0.2, -0.15) is 0 Å². The van der Waals surface area contributed by atoms with Crippen LogP contribution in [0.15, 0.2) is 77.3 Å². The summed E-state index contributed by atoms with van der Waals surface area (Å²) >= 11 is 0. The Morgan fingerprint density at radius 2 is 1.75 bits per heavy atom. The molecule has 0 spiro atoms. The van der Waals surface area contributed by atoms with Gasteiger partial charge in [-0.25, -0.2) is 4.79 Å². The average Bonchev–Trinajstić information content (AvgIpc) is 3.38. The van der Waals surface area contributed by atoms with Crippen molar-refractivity contribution >= 4 is 22.7 Å². The van der Waals surface area contributed by atoms with Crippen LogP contribution in [0.4, 0.5) is 4.79 Å². The fourth-order valence-corrected chi connectivity index (χ4v) is 3.98. The van der Waals surface area contributed by atoms with Gasteiger partial charge in [0.2, 0.25) is 0 Å². The van der Waals surface area contributed by atoms with Gasteiger partial charge in [-0.05, 0) is 41.5 Å². The van der Waals surface area contributed by atoms with Crippen molar-refractivity contribution in [3.8, 4) is 17.1 Å². The molecule has 32 heavy (non-hydrogen) atoms. The highest BCUT2D eigenvalue weighted by Crippen LogP contribution is 2.33. The maximum atomic E-state index is 13.3. The first-order valence-corrected chi connectivity index (χ1v) is 10.2. The number of aromatic nitrogens is 1. The zero-order chi connectivity index (χ0) is 22.3. The number of carbonyl (C=O) groups is 2. The van der Waals surface area contributed by atoms with E-state index in [0.29, 0.717) is 17.0 Å². The van der Waals surface area contributed by atoms with Crippen LogP contribution in [-0.2, 0) is 16.9 Å². The normalized spacial score (nSPS) is 18.2. The summed E-state index contributed by atoms with van der Waals surface area (Å²) in [5, 5.41) is 8.83. The SMILES string of the molecule is COc1ccc2cc(C3(C)NC(=O)N(Cc4cc(-c5ccccc5)on4)C3=O)ccc2c1. The molecule has 1 fully saturated rings. The van der Waals surface area contributed by atoms with Crippen molar-refractivity contribution in [2.24, 2.45) is 0 Å². The van der Waals surface area contributed by atoms with Crippen LogP contribution >= 0.6 is 0 Å². The minimum Gasteiger partial charge on any atom is -0.497 e. The molecule has 4 aromatic rings. The van der Waals surface area contributed by atoms with E-state index in [1.165, 1.54) is 4.90 Å². The largest absolute Gasteiger partial charge is 0.497 e. The average molecular weight is 427 g/mol. The topological polar surface area (TPSA) is 84.7 Å². The molecular formula is C25H21N3O4. The van der Waals surface area contributed by atoms with Crippen LogP contribution in [0.25, 0.3) is 22.1 Å². The first kappa shape index (κ1) is 19.8. The third-order valence-electron chi connectivity index (χ3n) is 5.84. The number of fused-ring (bicyclic) bond motifs is 1. The van der Waals surface area contributed by atoms with Crippen LogP contribution in [0.1, 0.15) is 18.2 Å². The van der Waals surface area contributed by atoms with Crippen molar-refractivity contribution in [1.29, 1.82) is 0 Å². The molecule has 1 N–H and O–H groups in total. The Balaban J connectivity index is 1.41. The maximum absolute atomic E-state index is 13.3. The Hall–Kier alpha value is -4.13. The molecule has 5 rings (SSSR count). The highest BCUT2D eigenvalue weighted by molar-refractivity contribution is 6.07. The van der Waals surface area contributed by atoms with Gasteiger partial charge in [0, 0.05) is 11.6 Å². The monoisotopic (exact) mass is 427 g/mol. The summed E-state index contributed by atoms with van der Waals surface area (Å²) in [6, 6.07) is 22.2. The Labute approximate surface area is 184 Å². The molecule has 0 aliphatic carbocycles. The van der Waals surface area contributed by atoms with Crippen molar-refractivity contribution in [2.75, 3.05) is 7.11 Å². The molecule has 3 amide bonds. The fourth-order valence-electron chi connectivity index (χ4n) is 3.98. The molecule has 0 bridgehead atoms. The predicted molar refractivity (Wildman–Crippen MR) is 119 cm³/mol. The van der Waals surface area contributed by atoms with Crippen LogP contribution in [0.2, 0.25) is 0 Å². The van der Waals surface area contributed by atoms with E-state index in [4.69, 9.17) is 9.26 Å². The second-order valence-corrected chi connectivity index (χ2v) is 7.92. The summed E-state index contributed by atoms with van der Waals surface area (Å²) in [7, 11) is 1.62. The van der Waals surface area contributed by atoms with Crippen LogP contribution in [0, 0.1) is 0 Å². The highest BCUT2D eigenvalue weighted by Gasteiger charge is 2.49. The highest BCUT2D eigenvalue weighted by atomic mass is 16.5. The van der Waals surface area contributed by atoms with E-state index in [9.17, 15) is 9.59 Å². The van der Waals surface area contributed by atoms with E-state index in [-0.39, 0.29) is 12.5 Å². The first-order valence-electron chi connectivity index (χ1n) is 10.2. The zero-order valence-corrected chi connectivity index (χ0v) is 17.7. The van der Waals surface area contributed by atoms with Crippen LogP contribution < -0.4 is 10.1 Å². The molecule has 1 aliphatic heterocycles. The molecule has 7 heteroatoms. The fraction of sp³-hybridized carbons (Fsp3) is 0.160. The van der Waals surface area contributed by atoms with E-state index in [2.05, 4.69) is 10.5 Å². The van der Waals surface area contributed by atoms with Gasteiger partial charge < -0.3 is 14.6 Å². The molecule has 3 aromatic carbocycles. The third kappa shape index (κ3) is 3.28. The predicted octanol–water partition coefficient (Wildman–Crippen LogP) is 4.47. The number of nitrogens with one attached hydrogen (secondary N) is 1. The molecule has 160 valence electrons. The van der Waals surface area contributed by atoms with Gasteiger partial charge in [0.05, 0.1) is 13.7 Å². The van der Waals surface area contributed by atoms with Crippen molar-refractivity contribution in [3.63, 3.8) is 0 Å². The van der Waals surface area contributed by atoms with Gasteiger partial charge >= 0.3 is 6.03 Å². The van der Waals surface area contributed by atoms with Gasteiger partial charge in [0.25, 0.3) is 5.91 Å². The molecule has 2 heterocycles. The van der Waals surface area contributed by atoms with Gasteiger partial charge in [-0.1, -0.05) is 53.7 Å². The van der Waals surface area contributed by atoms with Crippen LogP contribution in [0.5, 0.6) is 5.75 Å². The van der Waals surface area contributed by atoms with Gasteiger partial charge in [0.1, 0.15) is 17.0 Å². The summed E-state index contributed by atoms with van der Waals surface area (Å²) in [4.78, 5) is 27.2. The third-order valence-corrected chi connectivity index (χ3v) is 5.84. The lowest BCUT2D eigenvalue weighted by molar-refractivity contribution is -0.131. The number of rotatable bonds is 5. The Kier molecular flexibility index (Phi) is 4.66. The first-order chi connectivity index (χ1) is 15.5. The van der Waals surface area contributed by atoms with Crippen molar-refractivity contribution < 1.29 is 18.8 Å². The number of benzene rings is 3. The smallest absolute Gasteiger partial charge is 0.325 e. The summed E-state index contributed by atoms with van der Waals surface area (Å²) in [6.45, 7) is 1.75. The second-order valence-electron chi connectivity index (χ2n) is 7.92. The lowest BCUT2D eigenvalue weighted by atomic mass is 9.90. The Morgan fingerprint density at radius 1 is 1.00 bits per heavy atom. The molecule has 1 aliphatic rings. The summed E-state index contributed by atoms with van der Waals surface area (Å²) in [5.41, 5.74) is 0.918. The van der Waals surface area contributed by atoms with Crippen LogP contribution in [0.3, 0.4) is 0 Å². The van der Waals surface area contributed by atoms with E-state index in [1.807, 2.05) is 66.7 Å². The van der Waals surface area contributed by atoms with Gasteiger partial charge in [0.15, 0.2) is 5.76 Å². The number of ether oxygens (including phenoxy) is 1. The maximum Gasteiger partial charge on any atom is 0.325 e. The number of hydrogen-bond donors (Lipinski definition) is 1. The Bertz CT molecular complexity index is 1330. The molecule has 7 nitrogen and oxygen atoms in total. The minimum atomic E-state index is -1.17.